The van der Waals surface area contributed by atoms with Gasteiger partial charge in [-0.1, -0.05) is 43.3 Å². The lowest BCUT2D eigenvalue weighted by Crippen LogP contribution is -2.38. The lowest BCUT2D eigenvalue weighted by atomic mass is 10.1. The van der Waals surface area contributed by atoms with Gasteiger partial charge in [-0.05, 0) is 11.1 Å². The molecule has 0 spiro atoms. The molecule has 1 aromatic carbocycles. The summed E-state index contributed by atoms with van der Waals surface area (Å²) in [5.41, 5.74) is 2.62. The second-order valence-electron chi connectivity index (χ2n) is 7.46. The van der Waals surface area contributed by atoms with Gasteiger partial charge in [-0.25, -0.2) is 0 Å². The summed E-state index contributed by atoms with van der Waals surface area (Å²) < 4.78 is 10.7. The molecule has 0 saturated carbocycles. The van der Waals surface area contributed by atoms with Crippen LogP contribution < -0.4 is 10.6 Å². The van der Waals surface area contributed by atoms with Gasteiger partial charge in [-0.15, -0.1) is 0 Å². The molecule has 1 aromatic heterocycles. The molecule has 2 N–H and O–H groups in total. The third-order valence-electron chi connectivity index (χ3n) is 4.92. The van der Waals surface area contributed by atoms with Crippen LogP contribution in [0.2, 0.25) is 0 Å². The van der Waals surface area contributed by atoms with E-state index in [4.69, 9.17) is 9.26 Å². The molecule has 2 heterocycles. The lowest BCUT2D eigenvalue weighted by Gasteiger charge is -2.27. The average molecular weight is 401 g/mol. The fraction of sp³-hybridized carbons (Fsp3) is 0.571. The van der Waals surface area contributed by atoms with Crippen LogP contribution in [0.15, 0.2) is 33.8 Å². The highest BCUT2D eigenvalue weighted by molar-refractivity contribution is 5.79. The monoisotopic (exact) mass is 400 g/mol. The molecule has 29 heavy (non-hydrogen) atoms. The van der Waals surface area contributed by atoms with Crippen molar-refractivity contribution in [1.29, 1.82) is 0 Å². The minimum absolute atomic E-state index is 0.271. The Labute approximate surface area is 172 Å². The van der Waals surface area contributed by atoms with E-state index in [1.54, 1.807) is 7.05 Å². The first-order chi connectivity index (χ1) is 14.2. The Hall–Kier alpha value is -2.45. The fourth-order valence-electron chi connectivity index (χ4n) is 3.18. The van der Waals surface area contributed by atoms with Gasteiger partial charge in [0, 0.05) is 52.1 Å². The molecule has 2 aromatic rings. The predicted octanol–water partition coefficient (Wildman–Crippen LogP) is 1.93. The first-order valence-corrected chi connectivity index (χ1v) is 10.3. The SMILES string of the molecule is CN=C(NCCc1nc(C(C)C)no1)NCc1ccccc1CN1CCOCC1. The zero-order valence-electron chi connectivity index (χ0n) is 17.6. The molecule has 0 amide bonds. The molecular weight excluding hydrogens is 368 g/mol. The number of morpholine rings is 1. The zero-order valence-corrected chi connectivity index (χ0v) is 17.6. The van der Waals surface area contributed by atoms with E-state index in [-0.39, 0.29) is 5.92 Å². The van der Waals surface area contributed by atoms with Crippen molar-refractivity contribution >= 4 is 5.96 Å². The normalized spacial score (nSPS) is 15.7. The largest absolute Gasteiger partial charge is 0.379 e. The number of benzene rings is 1. The Morgan fingerprint density at radius 1 is 1.17 bits per heavy atom. The first kappa shape index (κ1) is 21.3. The van der Waals surface area contributed by atoms with Crippen LogP contribution >= 0.6 is 0 Å². The van der Waals surface area contributed by atoms with Crippen molar-refractivity contribution in [2.24, 2.45) is 4.99 Å². The van der Waals surface area contributed by atoms with Gasteiger partial charge in [0.1, 0.15) is 0 Å². The van der Waals surface area contributed by atoms with E-state index in [0.717, 1.165) is 51.2 Å². The summed E-state index contributed by atoms with van der Waals surface area (Å²) in [6, 6.07) is 8.55. The molecule has 0 aliphatic carbocycles. The Morgan fingerprint density at radius 3 is 2.62 bits per heavy atom. The summed E-state index contributed by atoms with van der Waals surface area (Å²) in [4.78, 5) is 11.2. The Morgan fingerprint density at radius 2 is 1.93 bits per heavy atom. The van der Waals surface area contributed by atoms with Gasteiger partial charge < -0.3 is 19.9 Å². The minimum atomic E-state index is 0.271. The van der Waals surface area contributed by atoms with Crippen LogP contribution in [0.4, 0.5) is 0 Å². The van der Waals surface area contributed by atoms with Crippen LogP contribution in [0.3, 0.4) is 0 Å². The minimum Gasteiger partial charge on any atom is -0.379 e. The van der Waals surface area contributed by atoms with Crippen molar-refractivity contribution in [1.82, 2.24) is 25.7 Å². The molecule has 158 valence electrons. The van der Waals surface area contributed by atoms with Crippen molar-refractivity contribution < 1.29 is 9.26 Å². The van der Waals surface area contributed by atoms with E-state index >= 15 is 0 Å². The molecule has 3 rings (SSSR count). The van der Waals surface area contributed by atoms with E-state index in [1.807, 2.05) is 0 Å². The molecule has 1 saturated heterocycles. The van der Waals surface area contributed by atoms with Gasteiger partial charge in [0.2, 0.25) is 5.89 Å². The van der Waals surface area contributed by atoms with E-state index in [2.05, 4.69) is 68.8 Å². The molecule has 0 radical (unpaired) electrons. The van der Waals surface area contributed by atoms with Gasteiger partial charge in [-0.3, -0.25) is 9.89 Å². The number of ether oxygens (including phenoxy) is 1. The molecule has 8 nitrogen and oxygen atoms in total. The fourth-order valence-corrected chi connectivity index (χ4v) is 3.18. The van der Waals surface area contributed by atoms with Crippen LogP contribution in [0, 0.1) is 0 Å². The Kier molecular flexibility index (Phi) is 8.01. The predicted molar refractivity (Wildman–Crippen MR) is 113 cm³/mol. The quantitative estimate of drug-likeness (QED) is 0.517. The molecule has 1 aliphatic rings. The third kappa shape index (κ3) is 6.54. The summed E-state index contributed by atoms with van der Waals surface area (Å²) in [6.07, 6.45) is 0.661. The smallest absolute Gasteiger partial charge is 0.228 e. The molecule has 0 unspecified atom stereocenters. The molecule has 1 fully saturated rings. The van der Waals surface area contributed by atoms with Crippen molar-refractivity contribution in [3.63, 3.8) is 0 Å². The highest BCUT2D eigenvalue weighted by atomic mass is 16.5. The van der Waals surface area contributed by atoms with E-state index in [1.165, 1.54) is 11.1 Å². The van der Waals surface area contributed by atoms with Crippen molar-refractivity contribution in [2.75, 3.05) is 39.9 Å². The molecular formula is C21H32N6O2. The number of aromatic nitrogens is 2. The van der Waals surface area contributed by atoms with Crippen molar-refractivity contribution in [3.05, 3.63) is 47.1 Å². The zero-order chi connectivity index (χ0) is 20.5. The number of rotatable bonds is 8. The summed E-state index contributed by atoms with van der Waals surface area (Å²) in [6.45, 7) is 10.0. The Balaban J connectivity index is 1.47. The Bertz CT molecular complexity index is 783. The average Bonchev–Trinajstić information content (AvgIpc) is 3.21. The van der Waals surface area contributed by atoms with E-state index in [0.29, 0.717) is 18.9 Å². The van der Waals surface area contributed by atoms with Gasteiger partial charge >= 0.3 is 0 Å². The number of nitrogens with one attached hydrogen (secondary N) is 2. The van der Waals surface area contributed by atoms with E-state index in [9.17, 15) is 0 Å². The molecule has 1 aliphatic heterocycles. The molecule has 0 atom stereocenters. The molecule has 0 bridgehead atoms. The lowest BCUT2D eigenvalue weighted by molar-refractivity contribution is 0.0341. The van der Waals surface area contributed by atoms with Crippen molar-refractivity contribution in [2.45, 2.75) is 39.3 Å². The van der Waals surface area contributed by atoms with Gasteiger partial charge in [0.25, 0.3) is 0 Å². The van der Waals surface area contributed by atoms with Crippen molar-refractivity contribution in [3.8, 4) is 0 Å². The maximum atomic E-state index is 5.45. The maximum Gasteiger partial charge on any atom is 0.228 e. The topological polar surface area (TPSA) is 87.8 Å². The summed E-state index contributed by atoms with van der Waals surface area (Å²) in [5, 5.41) is 10.7. The second kappa shape index (κ2) is 10.9. The maximum absolute atomic E-state index is 5.45. The van der Waals surface area contributed by atoms with Gasteiger partial charge in [0.15, 0.2) is 11.8 Å². The van der Waals surface area contributed by atoms with Crippen LogP contribution in [0.25, 0.3) is 0 Å². The number of hydrogen-bond donors (Lipinski definition) is 2. The summed E-state index contributed by atoms with van der Waals surface area (Å²) >= 11 is 0. The summed E-state index contributed by atoms with van der Waals surface area (Å²) in [5.74, 6) is 2.43. The van der Waals surface area contributed by atoms with Crippen LogP contribution in [-0.2, 0) is 24.2 Å². The number of guanidine groups is 1. The highest BCUT2D eigenvalue weighted by Gasteiger charge is 2.13. The van der Waals surface area contributed by atoms with E-state index < -0.39 is 0 Å². The van der Waals surface area contributed by atoms with Crippen LogP contribution in [0.5, 0.6) is 0 Å². The highest BCUT2D eigenvalue weighted by Crippen LogP contribution is 2.13. The molecule has 8 heteroatoms. The van der Waals surface area contributed by atoms with Gasteiger partial charge in [-0.2, -0.15) is 4.98 Å². The first-order valence-electron chi connectivity index (χ1n) is 10.3. The standard InChI is InChI=1S/C21H32N6O2/c1-16(2)20-25-19(29-26-20)8-9-23-21(22-3)24-14-17-6-4-5-7-18(17)15-27-10-12-28-13-11-27/h4-7,16H,8-15H2,1-3H3,(H2,22,23,24). The number of nitrogens with zero attached hydrogens (tertiary/aromatic N) is 4. The van der Waals surface area contributed by atoms with Crippen LogP contribution in [0.1, 0.15) is 42.6 Å². The summed E-state index contributed by atoms with van der Waals surface area (Å²) in [7, 11) is 1.78. The number of aliphatic imine (C=N–C) groups is 1. The number of hydrogen-bond acceptors (Lipinski definition) is 6. The third-order valence-corrected chi connectivity index (χ3v) is 4.92. The second-order valence-corrected chi connectivity index (χ2v) is 7.46. The van der Waals surface area contributed by atoms with Crippen LogP contribution in [-0.4, -0.2) is 60.9 Å². The van der Waals surface area contributed by atoms with Gasteiger partial charge in [0.05, 0.1) is 13.2 Å².